The number of hydrogen-bond acceptors (Lipinski definition) is 3. The van der Waals surface area contributed by atoms with Gasteiger partial charge in [0.05, 0.1) is 6.54 Å². The summed E-state index contributed by atoms with van der Waals surface area (Å²) in [5.74, 6) is -0.377. The van der Waals surface area contributed by atoms with Crippen LogP contribution in [-0.4, -0.2) is 24.1 Å². The predicted octanol–water partition coefficient (Wildman–Crippen LogP) is 2.61. The van der Waals surface area contributed by atoms with Gasteiger partial charge in [0, 0.05) is 16.3 Å². The first kappa shape index (κ1) is 17.2. The normalized spacial score (nSPS) is 12.7. The van der Waals surface area contributed by atoms with E-state index < -0.39 is 0 Å². The van der Waals surface area contributed by atoms with Crippen LogP contribution in [0.1, 0.15) is 37.6 Å². The van der Waals surface area contributed by atoms with Gasteiger partial charge >= 0.3 is 0 Å². The summed E-state index contributed by atoms with van der Waals surface area (Å²) < 4.78 is 0. The first-order chi connectivity index (χ1) is 9.93. The summed E-state index contributed by atoms with van der Waals surface area (Å²) in [6.07, 6.45) is 0.957. The number of benzene rings is 1. The molecule has 0 aliphatic rings. The monoisotopic (exact) mass is 309 g/mol. The molecular formula is C15H20ClN3O2. The van der Waals surface area contributed by atoms with E-state index in [4.69, 9.17) is 11.6 Å². The number of nitrogens with one attached hydrogen (secondary N) is 2. The molecule has 1 atom stereocenters. The molecule has 0 aromatic heterocycles. The number of halogens is 1. The molecule has 5 nitrogen and oxygen atoms in total. The van der Waals surface area contributed by atoms with Gasteiger partial charge in [-0.05, 0) is 43.5 Å². The Morgan fingerprint density at radius 3 is 2.48 bits per heavy atom. The summed E-state index contributed by atoms with van der Waals surface area (Å²) in [7, 11) is 0. The standard InChI is InChI=1S/C15H20ClN3O2/c1-4-10(2)11(3)18-19-14(20)9-17-15(21)12-5-7-13(16)8-6-12/h5-8,10H,4,9H2,1-3H3,(H,17,21)(H,19,20)/t10-/m1/s1. The minimum atomic E-state index is -0.361. The van der Waals surface area contributed by atoms with Gasteiger partial charge in [-0.2, -0.15) is 5.10 Å². The molecule has 0 fully saturated rings. The van der Waals surface area contributed by atoms with E-state index >= 15 is 0 Å². The summed E-state index contributed by atoms with van der Waals surface area (Å²) in [6.45, 7) is 5.82. The van der Waals surface area contributed by atoms with Crippen LogP contribution in [0.3, 0.4) is 0 Å². The van der Waals surface area contributed by atoms with Crippen LogP contribution in [-0.2, 0) is 4.79 Å². The number of rotatable bonds is 6. The zero-order valence-corrected chi connectivity index (χ0v) is 13.2. The third-order valence-corrected chi connectivity index (χ3v) is 3.45. The summed E-state index contributed by atoms with van der Waals surface area (Å²) in [5.41, 5.74) is 3.73. The molecule has 0 saturated carbocycles. The minimum absolute atomic E-state index is 0.126. The van der Waals surface area contributed by atoms with Crippen LogP contribution in [0.2, 0.25) is 5.02 Å². The molecule has 2 N–H and O–H groups in total. The third-order valence-electron chi connectivity index (χ3n) is 3.20. The van der Waals surface area contributed by atoms with Gasteiger partial charge in [-0.25, -0.2) is 5.43 Å². The summed E-state index contributed by atoms with van der Waals surface area (Å²) in [5, 5.41) is 7.08. The van der Waals surface area contributed by atoms with E-state index in [0.29, 0.717) is 16.5 Å². The number of hydrogen-bond donors (Lipinski definition) is 2. The van der Waals surface area contributed by atoms with E-state index in [2.05, 4.69) is 22.8 Å². The average molecular weight is 310 g/mol. The molecule has 1 aromatic carbocycles. The Balaban J connectivity index is 2.43. The Labute approximate surface area is 129 Å². The first-order valence-corrected chi connectivity index (χ1v) is 7.18. The second-order valence-corrected chi connectivity index (χ2v) is 5.22. The van der Waals surface area contributed by atoms with Crippen LogP contribution in [0.15, 0.2) is 29.4 Å². The van der Waals surface area contributed by atoms with E-state index in [-0.39, 0.29) is 18.4 Å². The highest BCUT2D eigenvalue weighted by Crippen LogP contribution is 2.09. The highest BCUT2D eigenvalue weighted by atomic mass is 35.5. The zero-order chi connectivity index (χ0) is 15.8. The second kappa shape index (κ2) is 8.42. The maximum absolute atomic E-state index is 11.8. The quantitative estimate of drug-likeness (QED) is 0.626. The molecule has 0 radical (unpaired) electrons. The van der Waals surface area contributed by atoms with Gasteiger partial charge in [-0.3, -0.25) is 9.59 Å². The van der Waals surface area contributed by atoms with Crippen molar-refractivity contribution in [1.82, 2.24) is 10.7 Å². The van der Waals surface area contributed by atoms with Crippen molar-refractivity contribution in [2.45, 2.75) is 27.2 Å². The van der Waals surface area contributed by atoms with Gasteiger partial charge in [0.1, 0.15) is 0 Å². The van der Waals surface area contributed by atoms with E-state index in [1.165, 1.54) is 0 Å². The lowest BCUT2D eigenvalue weighted by Crippen LogP contribution is -2.35. The Bertz CT molecular complexity index is 526. The third kappa shape index (κ3) is 5.95. The molecule has 0 saturated heterocycles. The molecule has 0 bridgehead atoms. The largest absolute Gasteiger partial charge is 0.343 e. The molecule has 0 heterocycles. The average Bonchev–Trinajstić information content (AvgIpc) is 2.49. The van der Waals surface area contributed by atoms with Crippen LogP contribution in [0.4, 0.5) is 0 Å². The molecule has 1 aromatic rings. The Kier molecular flexibility index (Phi) is 6.88. The highest BCUT2D eigenvalue weighted by molar-refractivity contribution is 6.30. The topological polar surface area (TPSA) is 70.6 Å². The highest BCUT2D eigenvalue weighted by Gasteiger charge is 2.08. The summed E-state index contributed by atoms with van der Waals surface area (Å²) >= 11 is 5.74. The van der Waals surface area contributed by atoms with E-state index in [9.17, 15) is 9.59 Å². The Hall–Kier alpha value is -1.88. The molecule has 1 rings (SSSR count). The van der Waals surface area contributed by atoms with Crippen molar-refractivity contribution >= 4 is 29.1 Å². The van der Waals surface area contributed by atoms with Crippen molar-refractivity contribution < 1.29 is 9.59 Å². The number of amides is 2. The fourth-order valence-corrected chi connectivity index (χ4v) is 1.59. The van der Waals surface area contributed by atoms with Crippen LogP contribution in [0, 0.1) is 5.92 Å². The second-order valence-electron chi connectivity index (χ2n) is 4.79. The molecule has 6 heteroatoms. The van der Waals surface area contributed by atoms with E-state index in [0.717, 1.165) is 12.1 Å². The predicted molar refractivity (Wildman–Crippen MR) is 84.5 cm³/mol. The van der Waals surface area contributed by atoms with Crippen molar-refractivity contribution in [2.24, 2.45) is 11.0 Å². The van der Waals surface area contributed by atoms with Crippen molar-refractivity contribution in [3.8, 4) is 0 Å². The van der Waals surface area contributed by atoms with E-state index in [1.54, 1.807) is 24.3 Å². The van der Waals surface area contributed by atoms with Gasteiger partial charge in [-0.1, -0.05) is 25.4 Å². The molecule has 21 heavy (non-hydrogen) atoms. The lowest BCUT2D eigenvalue weighted by atomic mass is 10.1. The summed E-state index contributed by atoms with van der Waals surface area (Å²) in [6, 6.07) is 6.44. The van der Waals surface area contributed by atoms with Gasteiger partial charge in [0.25, 0.3) is 11.8 Å². The SMILES string of the molecule is CC[C@@H](C)C(C)=NNC(=O)CNC(=O)c1ccc(Cl)cc1. The van der Waals surface area contributed by atoms with Crippen molar-refractivity contribution in [3.63, 3.8) is 0 Å². The Morgan fingerprint density at radius 2 is 1.90 bits per heavy atom. The van der Waals surface area contributed by atoms with Gasteiger partial charge in [-0.15, -0.1) is 0 Å². The van der Waals surface area contributed by atoms with Crippen LogP contribution < -0.4 is 10.7 Å². The maximum Gasteiger partial charge on any atom is 0.259 e. The van der Waals surface area contributed by atoms with Gasteiger partial charge < -0.3 is 5.32 Å². The lowest BCUT2D eigenvalue weighted by Gasteiger charge is -2.08. The van der Waals surface area contributed by atoms with E-state index in [1.807, 2.05) is 13.8 Å². The molecule has 114 valence electrons. The maximum atomic E-state index is 11.8. The number of nitrogens with zero attached hydrogens (tertiary/aromatic N) is 1. The van der Waals surface area contributed by atoms with Crippen molar-refractivity contribution in [3.05, 3.63) is 34.9 Å². The zero-order valence-electron chi connectivity index (χ0n) is 12.4. The lowest BCUT2D eigenvalue weighted by molar-refractivity contribution is -0.120. The molecule has 0 aliphatic heterocycles. The molecule has 0 unspecified atom stereocenters. The van der Waals surface area contributed by atoms with Crippen LogP contribution in [0.25, 0.3) is 0 Å². The minimum Gasteiger partial charge on any atom is -0.343 e. The van der Waals surface area contributed by atoms with Gasteiger partial charge in [0.15, 0.2) is 0 Å². The first-order valence-electron chi connectivity index (χ1n) is 6.80. The fraction of sp³-hybridized carbons (Fsp3) is 0.400. The molecule has 0 aliphatic carbocycles. The van der Waals surface area contributed by atoms with Crippen molar-refractivity contribution in [1.29, 1.82) is 0 Å². The van der Waals surface area contributed by atoms with Crippen molar-refractivity contribution in [2.75, 3.05) is 6.54 Å². The Morgan fingerprint density at radius 1 is 1.29 bits per heavy atom. The molecule has 2 amide bonds. The smallest absolute Gasteiger partial charge is 0.259 e. The fourth-order valence-electron chi connectivity index (χ4n) is 1.46. The molecule has 0 spiro atoms. The number of carbonyl (C=O) groups excluding carboxylic acids is 2. The van der Waals surface area contributed by atoms with Crippen LogP contribution in [0.5, 0.6) is 0 Å². The summed E-state index contributed by atoms with van der Waals surface area (Å²) in [4.78, 5) is 23.4. The number of carbonyl (C=O) groups is 2. The van der Waals surface area contributed by atoms with Crippen LogP contribution >= 0.6 is 11.6 Å². The molecular weight excluding hydrogens is 290 g/mol. The van der Waals surface area contributed by atoms with Gasteiger partial charge in [0.2, 0.25) is 0 Å². The number of hydrazone groups is 1.